The number of aliphatic hydroxyl groups excluding tert-OH is 1. The van der Waals surface area contributed by atoms with Crippen LogP contribution in [0.2, 0.25) is 0 Å². The molecule has 3 saturated carbocycles. The van der Waals surface area contributed by atoms with E-state index in [-0.39, 0.29) is 42.1 Å². The van der Waals surface area contributed by atoms with Crippen molar-refractivity contribution in [2.45, 2.75) is 80.3 Å². The molecule has 0 aromatic heterocycles. The van der Waals surface area contributed by atoms with Gasteiger partial charge in [0.05, 0.1) is 18.4 Å². The number of ether oxygens (including phenoxy) is 2. The highest BCUT2D eigenvalue weighted by Crippen LogP contribution is 2.76. The van der Waals surface area contributed by atoms with Gasteiger partial charge < -0.3 is 14.6 Å². The second-order valence-corrected chi connectivity index (χ2v) is 12.5. The normalized spacial score (nSPS) is 46.1. The molecule has 4 aliphatic rings. The fourth-order valence-electron chi connectivity index (χ4n) is 9.40. The largest absolute Gasteiger partial charge is 0.468 e. The van der Waals surface area contributed by atoms with E-state index < -0.39 is 39.0 Å². The average Bonchev–Trinajstić information content (AvgIpc) is 2.95. The lowest BCUT2D eigenvalue weighted by Crippen LogP contribution is -2.70. The van der Waals surface area contributed by atoms with Crippen molar-refractivity contribution in [2.24, 2.45) is 44.8 Å². The van der Waals surface area contributed by atoms with Crippen LogP contribution < -0.4 is 0 Å². The Morgan fingerprint density at radius 2 is 1.71 bits per heavy atom. The fraction of sp³-hybridized carbons (Fsp3) is 0.786. The first-order chi connectivity index (χ1) is 16.1. The third-order valence-corrected chi connectivity index (χ3v) is 11.1. The van der Waals surface area contributed by atoms with Gasteiger partial charge in [0.15, 0.2) is 11.6 Å². The summed E-state index contributed by atoms with van der Waals surface area (Å²) in [5, 5.41) is 11.1. The maximum atomic E-state index is 14.1. The van der Waals surface area contributed by atoms with Crippen LogP contribution in [0.1, 0.15) is 74.1 Å². The van der Waals surface area contributed by atoms with Crippen LogP contribution in [-0.2, 0) is 28.7 Å². The van der Waals surface area contributed by atoms with Crippen molar-refractivity contribution in [3.63, 3.8) is 0 Å². The van der Waals surface area contributed by atoms with E-state index >= 15 is 0 Å². The Morgan fingerprint density at radius 1 is 1.09 bits per heavy atom. The average molecular weight is 489 g/mol. The summed E-state index contributed by atoms with van der Waals surface area (Å²) in [5.41, 5.74) is -4.23. The van der Waals surface area contributed by atoms with Gasteiger partial charge in [-0.05, 0) is 63.7 Å². The number of methoxy groups -OCH3 is 1. The Kier molecular flexibility index (Phi) is 5.76. The molecule has 7 heteroatoms. The number of fused-ring (bicyclic) bond motifs is 5. The summed E-state index contributed by atoms with van der Waals surface area (Å²) in [4.78, 5) is 53.3. The molecule has 0 aromatic rings. The minimum atomic E-state index is -1.65. The number of carbonyl (C=O) groups is 4. The molecule has 0 spiro atoms. The number of allylic oxidation sites excluding steroid dienone is 2. The lowest BCUT2D eigenvalue weighted by Gasteiger charge is -2.69. The van der Waals surface area contributed by atoms with Crippen molar-refractivity contribution in [3.05, 3.63) is 11.6 Å². The SMILES string of the molecule is COC(=O)[C@@]12C(=O)C(C)C(=O)C1(C)C(C)=C[C@H]1C3(CO)CC[C@H](OC(C)=O)C(C)(C)[C@H]3CC[C@@]12C. The lowest BCUT2D eigenvalue weighted by molar-refractivity contribution is -0.229. The second kappa shape index (κ2) is 7.74. The summed E-state index contributed by atoms with van der Waals surface area (Å²) >= 11 is 0. The molecule has 4 aliphatic carbocycles. The number of hydrogen-bond donors (Lipinski definition) is 1. The summed E-state index contributed by atoms with van der Waals surface area (Å²) < 4.78 is 11.1. The summed E-state index contributed by atoms with van der Waals surface area (Å²) in [6.07, 6.45) is 4.11. The van der Waals surface area contributed by atoms with Gasteiger partial charge in [-0.3, -0.25) is 19.2 Å². The van der Waals surface area contributed by atoms with Gasteiger partial charge in [0, 0.05) is 24.4 Å². The van der Waals surface area contributed by atoms with E-state index in [2.05, 4.69) is 19.9 Å². The van der Waals surface area contributed by atoms with Gasteiger partial charge in [-0.15, -0.1) is 0 Å². The molecule has 35 heavy (non-hydrogen) atoms. The Balaban J connectivity index is 1.98. The van der Waals surface area contributed by atoms with Crippen LogP contribution in [0, 0.1) is 44.8 Å². The van der Waals surface area contributed by atoms with Gasteiger partial charge in [0.25, 0.3) is 0 Å². The number of rotatable bonds is 3. The first-order valence-electron chi connectivity index (χ1n) is 12.8. The van der Waals surface area contributed by atoms with Gasteiger partial charge in [-0.25, -0.2) is 0 Å². The zero-order valence-corrected chi connectivity index (χ0v) is 22.3. The highest BCUT2D eigenvalue weighted by atomic mass is 16.5. The molecule has 0 bridgehead atoms. The zero-order valence-electron chi connectivity index (χ0n) is 22.3. The van der Waals surface area contributed by atoms with Crippen molar-refractivity contribution >= 4 is 23.5 Å². The molecule has 3 unspecified atom stereocenters. The van der Waals surface area contributed by atoms with Crippen molar-refractivity contribution in [1.82, 2.24) is 0 Å². The summed E-state index contributed by atoms with van der Waals surface area (Å²) in [6, 6.07) is 0. The van der Waals surface area contributed by atoms with E-state index in [1.54, 1.807) is 13.8 Å². The van der Waals surface area contributed by atoms with Crippen LogP contribution in [0.4, 0.5) is 0 Å². The molecule has 0 heterocycles. The molecule has 194 valence electrons. The molecule has 0 amide bonds. The van der Waals surface area contributed by atoms with Crippen LogP contribution in [-0.4, -0.2) is 48.4 Å². The van der Waals surface area contributed by atoms with Crippen LogP contribution in [0.3, 0.4) is 0 Å². The molecule has 3 fully saturated rings. The highest BCUT2D eigenvalue weighted by Gasteiger charge is 2.82. The molecule has 0 saturated heterocycles. The topological polar surface area (TPSA) is 107 Å². The van der Waals surface area contributed by atoms with E-state index in [4.69, 9.17) is 9.47 Å². The molecule has 0 radical (unpaired) electrons. The third kappa shape index (κ3) is 2.71. The van der Waals surface area contributed by atoms with Crippen molar-refractivity contribution < 1.29 is 33.8 Å². The van der Waals surface area contributed by atoms with E-state index in [9.17, 15) is 24.3 Å². The summed E-state index contributed by atoms with van der Waals surface area (Å²) in [7, 11) is 1.28. The summed E-state index contributed by atoms with van der Waals surface area (Å²) in [5.74, 6) is -2.82. The van der Waals surface area contributed by atoms with Gasteiger partial charge >= 0.3 is 11.9 Å². The number of aliphatic hydroxyl groups is 1. The van der Waals surface area contributed by atoms with E-state index in [1.165, 1.54) is 14.0 Å². The number of hydrogen-bond acceptors (Lipinski definition) is 7. The van der Waals surface area contributed by atoms with E-state index in [0.29, 0.717) is 31.3 Å². The Labute approximate surface area is 208 Å². The van der Waals surface area contributed by atoms with Crippen LogP contribution >= 0.6 is 0 Å². The molecule has 4 rings (SSSR count). The van der Waals surface area contributed by atoms with Gasteiger partial charge in [0.2, 0.25) is 0 Å². The quantitative estimate of drug-likeness (QED) is 0.367. The second-order valence-electron chi connectivity index (χ2n) is 12.5. The first kappa shape index (κ1) is 26.1. The van der Waals surface area contributed by atoms with Crippen molar-refractivity contribution in [2.75, 3.05) is 13.7 Å². The monoisotopic (exact) mass is 488 g/mol. The minimum absolute atomic E-state index is 0.0103. The van der Waals surface area contributed by atoms with Crippen molar-refractivity contribution in [3.8, 4) is 0 Å². The van der Waals surface area contributed by atoms with Crippen LogP contribution in [0.15, 0.2) is 11.6 Å². The van der Waals surface area contributed by atoms with E-state index in [0.717, 1.165) is 0 Å². The van der Waals surface area contributed by atoms with Crippen LogP contribution in [0.25, 0.3) is 0 Å². The van der Waals surface area contributed by atoms with E-state index in [1.807, 2.05) is 13.8 Å². The van der Waals surface area contributed by atoms with Gasteiger partial charge in [-0.1, -0.05) is 32.4 Å². The lowest BCUT2D eigenvalue weighted by atomic mass is 9.33. The van der Waals surface area contributed by atoms with Crippen molar-refractivity contribution in [1.29, 1.82) is 0 Å². The third-order valence-electron chi connectivity index (χ3n) is 11.1. The smallest absolute Gasteiger partial charge is 0.321 e. The molecular formula is C28H40O7. The maximum Gasteiger partial charge on any atom is 0.321 e. The predicted molar refractivity (Wildman–Crippen MR) is 128 cm³/mol. The Bertz CT molecular complexity index is 1030. The fourth-order valence-corrected chi connectivity index (χ4v) is 9.40. The van der Waals surface area contributed by atoms with Crippen LogP contribution in [0.5, 0.6) is 0 Å². The number of Topliss-reactive ketones (excluding diaryl/α,β-unsaturated/α-hetero) is 2. The first-order valence-corrected chi connectivity index (χ1v) is 12.8. The maximum absolute atomic E-state index is 14.1. The highest BCUT2D eigenvalue weighted by molar-refractivity contribution is 6.25. The van der Waals surface area contributed by atoms with Gasteiger partial charge in [-0.2, -0.15) is 0 Å². The number of esters is 2. The number of carbonyl (C=O) groups excluding carboxylic acids is 4. The molecule has 0 aliphatic heterocycles. The zero-order chi connectivity index (χ0) is 26.4. The molecule has 1 N–H and O–H groups in total. The Morgan fingerprint density at radius 3 is 2.26 bits per heavy atom. The molecule has 0 aromatic carbocycles. The predicted octanol–water partition coefficient (Wildman–Crippen LogP) is 3.66. The molecule has 8 atom stereocenters. The number of ketones is 2. The molecular weight excluding hydrogens is 448 g/mol. The minimum Gasteiger partial charge on any atom is -0.468 e. The van der Waals surface area contributed by atoms with Gasteiger partial charge in [0.1, 0.15) is 11.5 Å². The Hall–Kier alpha value is -2.02. The standard InChI is InChI=1S/C28H40O7/c1-15-13-19-25(6,28(23(33)34-8)22(32)16(2)21(31)26(15,28)7)11-9-18-24(4,5)20(35-17(3)30)10-12-27(18,19)14-29/h13,16,18-20,29H,9-12,14H2,1-8H3/t16?,18-,19-,20+,25+,26?,27?,28-/m1/s1. The molecule has 7 nitrogen and oxygen atoms in total. The summed E-state index contributed by atoms with van der Waals surface area (Å²) in [6.45, 7) is 12.6.